The predicted molar refractivity (Wildman–Crippen MR) is 64.8 cm³/mol. The fourth-order valence-electron chi connectivity index (χ4n) is 1.21. The summed E-state index contributed by atoms with van der Waals surface area (Å²) in [6.45, 7) is 2.62. The van der Waals surface area contributed by atoms with E-state index in [0.29, 0.717) is 22.4 Å². The highest BCUT2D eigenvalue weighted by molar-refractivity contribution is 6.34. The number of nitrogens with two attached hydrogens (primary N) is 1. The zero-order chi connectivity index (χ0) is 11.3. The number of benzene rings is 1. The smallest absolute Gasteiger partial charge is 0.122 e. The van der Waals surface area contributed by atoms with E-state index in [1.165, 1.54) is 0 Å². The summed E-state index contributed by atoms with van der Waals surface area (Å²) in [6, 6.07) is 5.40. The molecule has 1 rings (SSSR count). The maximum atomic E-state index is 5.83. The van der Waals surface area contributed by atoms with Crippen LogP contribution in [0.15, 0.2) is 18.2 Å². The first-order chi connectivity index (χ1) is 7.08. The van der Waals surface area contributed by atoms with Crippen LogP contribution in [0.4, 0.5) is 0 Å². The first-order valence-electron chi connectivity index (χ1n) is 4.92. The molecule has 0 fully saturated rings. The van der Waals surface area contributed by atoms with Gasteiger partial charge in [0, 0.05) is 16.1 Å². The van der Waals surface area contributed by atoms with E-state index in [4.69, 9.17) is 33.7 Å². The van der Waals surface area contributed by atoms with E-state index in [1.807, 2.05) is 6.92 Å². The number of hydrogen-bond acceptors (Lipinski definition) is 2. The molecule has 2 N–H and O–H groups in total. The fourth-order valence-corrected chi connectivity index (χ4v) is 1.71. The molecule has 0 aliphatic carbocycles. The van der Waals surface area contributed by atoms with Crippen LogP contribution in [0.1, 0.15) is 19.8 Å². The highest BCUT2D eigenvalue weighted by Crippen LogP contribution is 2.24. The standard InChI is InChI=1S/C11H15Cl2NO/c1-8(14)3-2-4-15-11-6-9(12)5-10(13)7-11/h5-8H,2-4,14H2,1H3. The summed E-state index contributed by atoms with van der Waals surface area (Å²) in [4.78, 5) is 0. The van der Waals surface area contributed by atoms with Gasteiger partial charge in [0.15, 0.2) is 0 Å². The van der Waals surface area contributed by atoms with Crippen molar-refractivity contribution < 1.29 is 4.74 Å². The second-order valence-electron chi connectivity index (χ2n) is 3.57. The van der Waals surface area contributed by atoms with Crippen molar-refractivity contribution in [3.63, 3.8) is 0 Å². The molecular formula is C11H15Cl2NO. The lowest BCUT2D eigenvalue weighted by atomic mass is 10.2. The zero-order valence-electron chi connectivity index (χ0n) is 8.67. The normalized spacial score (nSPS) is 12.5. The van der Waals surface area contributed by atoms with Crippen LogP contribution in [0.3, 0.4) is 0 Å². The molecule has 0 spiro atoms. The van der Waals surface area contributed by atoms with Gasteiger partial charge in [-0.05, 0) is 38.0 Å². The Morgan fingerprint density at radius 3 is 2.40 bits per heavy atom. The molecule has 0 aliphatic rings. The minimum Gasteiger partial charge on any atom is -0.493 e. The third-order valence-corrected chi connectivity index (χ3v) is 2.35. The van der Waals surface area contributed by atoms with Gasteiger partial charge in [-0.3, -0.25) is 0 Å². The highest BCUT2D eigenvalue weighted by Gasteiger charge is 1.99. The van der Waals surface area contributed by atoms with Gasteiger partial charge < -0.3 is 10.5 Å². The Labute approximate surface area is 100 Å². The number of rotatable bonds is 5. The largest absolute Gasteiger partial charge is 0.493 e. The van der Waals surface area contributed by atoms with Gasteiger partial charge in [0.1, 0.15) is 5.75 Å². The van der Waals surface area contributed by atoms with Crippen molar-refractivity contribution in [3.8, 4) is 5.75 Å². The van der Waals surface area contributed by atoms with Gasteiger partial charge in [-0.25, -0.2) is 0 Å². The molecule has 1 aromatic rings. The Morgan fingerprint density at radius 1 is 1.27 bits per heavy atom. The van der Waals surface area contributed by atoms with Crippen LogP contribution >= 0.6 is 23.2 Å². The second-order valence-corrected chi connectivity index (χ2v) is 4.45. The van der Waals surface area contributed by atoms with E-state index in [0.717, 1.165) is 12.8 Å². The molecule has 1 unspecified atom stereocenters. The molecule has 1 atom stereocenters. The van der Waals surface area contributed by atoms with Gasteiger partial charge in [0.2, 0.25) is 0 Å². The lowest BCUT2D eigenvalue weighted by Crippen LogP contribution is -2.15. The molecular weight excluding hydrogens is 233 g/mol. The summed E-state index contributed by atoms with van der Waals surface area (Å²) in [7, 11) is 0. The van der Waals surface area contributed by atoms with Crippen LogP contribution in [-0.2, 0) is 0 Å². The third-order valence-electron chi connectivity index (χ3n) is 1.91. The number of hydrogen-bond donors (Lipinski definition) is 1. The molecule has 0 saturated heterocycles. The van der Waals surface area contributed by atoms with Gasteiger partial charge in [-0.15, -0.1) is 0 Å². The van der Waals surface area contributed by atoms with Crippen molar-refractivity contribution in [2.45, 2.75) is 25.8 Å². The molecule has 0 aromatic heterocycles. The first-order valence-corrected chi connectivity index (χ1v) is 5.68. The van der Waals surface area contributed by atoms with Crippen molar-refractivity contribution in [1.29, 1.82) is 0 Å². The predicted octanol–water partition coefficient (Wildman–Crippen LogP) is 3.50. The molecule has 0 amide bonds. The summed E-state index contributed by atoms with van der Waals surface area (Å²) < 4.78 is 5.49. The van der Waals surface area contributed by atoms with Crippen molar-refractivity contribution in [2.75, 3.05) is 6.61 Å². The van der Waals surface area contributed by atoms with Crippen LogP contribution < -0.4 is 10.5 Å². The topological polar surface area (TPSA) is 35.2 Å². The Morgan fingerprint density at radius 2 is 1.87 bits per heavy atom. The van der Waals surface area contributed by atoms with Gasteiger partial charge in [0.25, 0.3) is 0 Å². The van der Waals surface area contributed by atoms with Crippen molar-refractivity contribution in [2.24, 2.45) is 5.73 Å². The van der Waals surface area contributed by atoms with Crippen molar-refractivity contribution in [1.82, 2.24) is 0 Å². The summed E-state index contributed by atoms with van der Waals surface area (Å²) in [5.41, 5.74) is 5.62. The SMILES string of the molecule is CC(N)CCCOc1cc(Cl)cc(Cl)c1. The molecule has 2 nitrogen and oxygen atoms in total. The molecule has 0 heterocycles. The molecule has 84 valence electrons. The van der Waals surface area contributed by atoms with Crippen molar-refractivity contribution in [3.05, 3.63) is 28.2 Å². The van der Waals surface area contributed by atoms with E-state index in [2.05, 4.69) is 0 Å². The van der Waals surface area contributed by atoms with Crippen LogP contribution in [0.2, 0.25) is 10.0 Å². The minimum absolute atomic E-state index is 0.219. The molecule has 15 heavy (non-hydrogen) atoms. The van der Waals surface area contributed by atoms with E-state index in [9.17, 15) is 0 Å². The van der Waals surface area contributed by atoms with Crippen LogP contribution in [0.5, 0.6) is 5.75 Å². The summed E-state index contributed by atoms with van der Waals surface area (Å²) in [5.74, 6) is 0.706. The summed E-state index contributed by atoms with van der Waals surface area (Å²) in [5, 5.41) is 1.18. The summed E-state index contributed by atoms with van der Waals surface area (Å²) >= 11 is 11.7. The molecule has 0 radical (unpaired) electrons. The zero-order valence-corrected chi connectivity index (χ0v) is 10.2. The van der Waals surface area contributed by atoms with E-state index < -0.39 is 0 Å². The molecule has 4 heteroatoms. The van der Waals surface area contributed by atoms with E-state index >= 15 is 0 Å². The lowest BCUT2D eigenvalue weighted by Gasteiger charge is -2.08. The maximum Gasteiger partial charge on any atom is 0.122 e. The Kier molecular flexibility index (Phi) is 5.23. The van der Waals surface area contributed by atoms with Gasteiger partial charge in [0.05, 0.1) is 6.61 Å². The molecule has 1 aromatic carbocycles. The van der Waals surface area contributed by atoms with Gasteiger partial charge in [-0.2, -0.15) is 0 Å². The second kappa shape index (κ2) is 6.21. The number of halogens is 2. The summed E-state index contributed by atoms with van der Waals surface area (Å²) in [6.07, 6.45) is 1.89. The van der Waals surface area contributed by atoms with Crippen LogP contribution in [0.25, 0.3) is 0 Å². The van der Waals surface area contributed by atoms with E-state index in [1.54, 1.807) is 18.2 Å². The highest BCUT2D eigenvalue weighted by atomic mass is 35.5. The molecule has 0 aliphatic heterocycles. The average molecular weight is 248 g/mol. The Bertz CT molecular complexity index is 295. The fraction of sp³-hybridized carbons (Fsp3) is 0.455. The van der Waals surface area contributed by atoms with Crippen LogP contribution in [-0.4, -0.2) is 12.6 Å². The lowest BCUT2D eigenvalue weighted by molar-refractivity contribution is 0.303. The quantitative estimate of drug-likeness (QED) is 0.809. The number of ether oxygens (including phenoxy) is 1. The van der Waals surface area contributed by atoms with Crippen molar-refractivity contribution >= 4 is 23.2 Å². The first kappa shape index (κ1) is 12.6. The van der Waals surface area contributed by atoms with Crippen LogP contribution in [0, 0.1) is 0 Å². The minimum atomic E-state index is 0.219. The monoisotopic (exact) mass is 247 g/mol. The van der Waals surface area contributed by atoms with Gasteiger partial charge >= 0.3 is 0 Å². The molecule has 0 bridgehead atoms. The Balaban J connectivity index is 2.37. The average Bonchev–Trinajstić information content (AvgIpc) is 2.10. The van der Waals surface area contributed by atoms with Gasteiger partial charge in [-0.1, -0.05) is 23.2 Å². The maximum absolute atomic E-state index is 5.83. The third kappa shape index (κ3) is 5.26. The molecule has 0 saturated carbocycles. The Hall–Kier alpha value is -0.440. The van der Waals surface area contributed by atoms with E-state index in [-0.39, 0.29) is 6.04 Å².